The second-order valence-electron chi connectivity index (χ2n) is 7.12. The maximum atomic E-state index is 11.6. The molecule has 0 spiro atoms. The summed E-state index contributed by atoms with van der Waals surface area (Å²) in [6, 6.07) is 4.91. The lowest BCUT2D eigenvalue weighted by molar-refractivity contribution is 0.0526. The van der Waals surface area contributed by atoms with Gasteiger partial charge >= 0.3 is 12.1 Å². The van der Waals surface area contributed by atoms with Crippen molar-refractivity contribution in [1.29, 1.82) is 0 Å². The van der Waals surface area contributed by atoms with Crippen molar-refractivity contribution in [1.82, 2.24) is 15.3 Å². The SMILES string of the molecule is COC(=O)c1ccc2nc(NCCCCNC(=O)OC(C)(C)C)c(Cl)nc2c1. The summed E-state index contributed by atoms with van der Waals surface area (Å²) in [7, 11) is 1.32. The molecule has 1 aromatic heterocycles. The normalized spacial score (nSPS) is 11.2. The Kier molecular flexibility index (Phi) is 7.39. The number of carbonyl (C=O) groups is 2. The number of carbonyl (C=O) groups excluding carboxylic acids is 2. The number of aromatic nitrogens is 2. The van der Waals surface area contributed by atoms with E-state index in [9.17, 15) is 9.59 Å². The first-order valence-electron chi connectivity index (χ1n) is 8.96. The van der Waals surface area contributed by atoms with Crippen LogP contribution in [-0.2, 0) is 9.47 Å². The number of methoxy groups -OCH3 is 1. The van der Waals surface area contributed by atoms with Gasteiger partial charge < -0.3 is 20.1 Å². The average Bonchev–Trinajstić information content (AvgIpc) is 2.62. The second-order valence-corrected chi connectivity index (χ2v) is 7.48. The van der Waals surface area contributed by atoms with Crippen molar-refractivity contribution in [2.45, 2.75) is 39.2 Å². The van der Waals surface area contributed by atoms with Gasteiger partial charge in [0.25, 0.3) is 0 Å². The summed E-state index contributed by atoms with van der Waals surface area (Å²) in [5.41, 5.74) is 1.01. The van der Waals surface area contributed by atoms with Crippen molar-refractivity contribution in [3.8, 4) is 0 Å². The highest BCUT2D eigenvalue weighted by molar-refractivity contribution is 6.32. The zero-order valence-electron chi connectivity index (χ0n) is 16.5. The van der Waals surface area contributed by atoms with E-state index < -0.39 is 17.7 Å². The number of nitrogens with zero attached hydrogens (tertiary/aromatic N) is 2. The van der Waals surface area contributed by atoms with Crippen LogP contribution in [-0.4, -0.2) is 47.8 Å². The van der Waals surface area contributed by atoms with E-state index in [1.807, 2.05) is 20.8 Å². The van der Waals surface area contributed by atoms with Crippen LogP contribution in [0.3, 0.4) is 0 Å². The van der Waals surface area contributed by atoms with E-state index >= 15 is 0 Å². The Morgan fingerprint density at radius 3 is 2.50 bits per heavy atom. The molecule has 2 aromatic rings. The molecule has 0 radical (unpaired) electrons. The van der Waals surface area contributed by atoms with Gasteiger partial charge in [0.15, 0.2) is 11.0 Å². The molecule has 1 amide bonds. The van der Waals surface area contributed by atoms with Crippen molar-refractivity contribution < 1.29 is 19.1 Å². The monoisotopic (exact) mass is 408 g/mol. The number of unbranched alkanes of at least 4 members (excludes halogenated alkanes) is 1. The lowest BCUT2D eigenvalue weighted by atomic mass is 10.2. The average molecular weight is 409 g/mol. The molecule has 1 aromatic carbocycles. The molecule has 0 aliphatic heterocycles. The number of nitrogens with one attached hydrogen (secondary N) is 2. The molecule has 0 aliphatic rings. The Morgan fingerprint density at radius 1 is 1.11 bits per heavy atom. The summed E-state index contributed by atoms with van der Waals surface area (Å²) in [6.07, 6.45) is 1.15. The van der Waals surface area contributed by atoms with Crippen LogP contribution in [0.25, 0.3) is 11.0 Å². The van der Waals surface area contributed by atoms with E-state index in [0.717, 1.165) is 12.8 Å². The summed E-state index contributed by atoms with van der Waals surface area (Å²) in [6.45, 7) is 6.60. The van der Waals surface area contributed by atoms with Gasteiger partial charge in [-0.2, -0.15) is 0 Å². The van der Waals surface area contributed by atoms with E-state index in [1.54, 1.807) is 18.2 Å². The first-order chi connectivity index (χ1) is 13.2. The molecule has 8 nitrogen and oxygen atoms in total. The van der Waals surface area contributed by atoms with E-state index in [-0.39, 0.29) is 5.15 Å². The van der Waals surface area contributed by atoms with Gasteiger partial charge in [0, 0.05) is 13.1 Å². The van der Waals surface area contributed by atoms with Crippen LogP contribution < -0.4 is 10.6 Å². The maximum absolute atomic E-state index is 11.6. The van der Waals surface area contributed by atoms with Gasteiger partial charge in [-0.25, -0.2) is 19.6 Å². The number of halogens is 1. The quantitative estimate of drug-likeness (QED) is 0.530. The van der Waals surface area contributed by atoms with Crippen LogP contribution in [0.1, 0.15) is 44.0 Å². The molecule has 0 saturated heterocycles. The zero-order chi connectivity index (χ0) is 20.7. The van der Waals surface area contributed by atoms with E-state index in [1.165, 1.54) is 7.11 Å². The third-order valence-corrected chi connectivity index (χ3v) is 3.87. The van der Waals surface area contributed by atoms with Crippen LogP contribution in [0.15, 0.2) is 18.2 Å². The standard InChI is InChI=1S/C19H25ClN4O4/c1-19(2,3)28-18(26)22-10-6-5-9-21-16-15(20)23-14-11-12(17(25)27-4)7-8-13(14)24-16/h7-8,11H,5-6,9-10H2,1-4H3,(H,21,24)(H,22,26). The Hall–Kier alpha value is -2.61. The molecule has 0 saturated carbocycles. The number of esters is 1. The highest BCUT2D eigenvalue weighted by Gasteiger charge is 2.15. The van der Waals surface area contributed by atoms with Crippen molar-refractivity contribution >= 4 is 40.5 Å². The summed E-state index contributed by atoms with van der Waals surface area (Å²) in [5.74, 6) is 0.0297. The van der Waals surface area contributed by atoms with Crippen LogP contribution in [0.5, 0.6) is 0 Å². The molecule has 0 fully saturated rings. The van der Waals surface area contributed by atoms with Gasteiger partial charge in [-0.1, -0.05) is 11.6 Å². The van der Waals surface area contributed by atoms with Crippen LogP contribution in [0.2, 0.25) is 5.15 Å². The molecule has 152 valence electrons. The Balaban J connectivity index is 1.83. The fraction of sp³-hybridized carbons (Fsp3) is 0.474. The molecule has 1 heterocycles. The lowest BCUT2D eigenvalue weighted by Crippen LogP contribution is -2.33. The van der Waals surface area contributed by atoms with Crippen molar-refractivity contribution in [3.63, 3.8) is 0 Å². The molecule has 9 heteroatoms. The van der Waals surface area contributed by atoms with Gasteiger partial charge in [-0.05, 0) is 51.8 Å². The zero-order valence-corrected chi connectivity index (χ0v) is 17.2. The minimum Gasteiger partial charge on any atom is -0.465 e. The summed E-state index contributed by atoms with van der Waals surface area (Å²) >= 11 is 6.19. The summed E-state index contributed by atoms with van der Waals surface area (Å²) in [5, 5.41) is 6.07. The molecule has 0 atom stereocenters. The molecule has 0 unspecified atom stereocenters. The summed E-state index contributed by atoms with van der Waals surface area (Å²) in [4.78, 5) is 31.9. The fourth-order valence-electron chi connectivity index (χ4n) is 2.35. The Morgan fingerprint density at radius 2 is 1.82 bits per heavy atom. The fourth-order valence-corrected chi connectivity index (χ4v) is 2.55. The summed E-state index contributed by atoms with van der Waals surface area (Å²) < 4.78 is 9.87. The number of alkyl carbamates (subject to hydrolysis) is 1. The van der Waals surface area contributed by atoms with E-state index in [2.05, 4.69) is 20.6 Å². The largest absolute Gasteiger partial charge is 0.465 e. The highest BCUT2D eigenvalue weighted by Crippen LogP contribution is 2.22. The van der Waals surface area contributed by atoms with Crippen LogP contribution >= 0.6 is 11.6 Å². The molecule has 0 bridgehead atoms. The number of hydrogen-bond acceptors (Lipinski definition) is 7. The Bertz CT molecular complexity index is 852. The smallest absolute Gasteiger partial charge is 0.407 e. The molecule has 2 N–H and O–H groups in total. The van der Waals surface area contributed by atoms with Gasteiger partial charge in [0.05, 0.1) is 23.7 Å². The topological polar surface area (TPSA) is 102 Å². The van der Waals surface area contributed by atoms with Crippen LogP contribution in [0.4, 0.5) is 10.6 Å². The second kappa shape index (κ2) is 9.54. The van der Waals surface area contributed by atoms with Gasteiger partial charge in [0.1, 0.15) is 5.60 Å². The number of amides is 1. The number of rotatable bonds is 7. The van der Waals surface area contributed by atoms with Gasteiger partial charge in [-0.15, -0.1) is 0 Å². The highest BCUT2D eigenvalue weighted by atomic mass is 35.5. The number of ether oxygens (including phenoxy) is 2. The lowest BCUT2D eigenvalue weighted by Gasteiger charge is -2.19. The maximum Gasteiger partial charge on any atom is 0.407 e. The molecule has 0 aliphatic carbocycles. The third-order valence-electron chi connectivity index (χ3n) is 3.61. The minimum atomic E-state index is -0.505. The van der Waals surface area contributed by atoms with E-state index in [0.29, 0.717) is 35.5 Å². The number of benzene rings is 1. The third kappa shape index (κ3) is 6.53. The predicted molar refractivity (Wildman–Crippen MR) is 108 cm³/mol. The molecular formula is C19H25ClN4O4. The molecule has 2 rings (SSSR count). The predicted octanol–water partition coefficient (Wildman–Crippen LogP) is 3.79. The number of anilines is 1. The van der Waals surface area contributed by atoms with Gasteiger partial charge in [-0.3, -0.25) is 0 Å². The first-order valence-corrected chi connectivity index (χ1v) is 9.34. The Labute approximate surface area is 169 Å². The first kappa shape index (κ1) is 21.7. The van der Waals surface area contributed by atoms with Crippen molar-refractivity contribution in [2.75, 3.05) is 25.5 Å². The van der Waals surface area contributed by atoms with Gasteiger partial charge in [0.2, 0.25) is 0 Å². The minimum absolute atomic E-state index is 0.224. The molecular weight excluding hydrogens is 384 g/mol. The molecule has 28 heavy (non-hydrogen) atoms. The van der Waals surface area contributed by atoms with Crippen molar-refractivity contribution in [3.05, 3.63) is 28.9 Å². The number of hydrogen-bond donors (Lipinski definition) is 2. The van der Waals surface area contributed by atoms with Crippen molar-refractivity contribution in [2.24, 2.45) is 0 Å². The van der Waals surface area contributed by atoms with E-state index in [4.69, 9.17) is 21.1 Å². The number of fused-ring (bicyclic) bond motifs is 1. The van der Waals surface area contributed by atoms with Crippen LogP contribution in [0, 0.1) is 0 Å².